The summed E-state index contributed by atoms with van der Waals surface area (Å²) in [5.74, 6) is -0.545. The van der Waals surface area contributed by atoms with Gasteiger partial charge in [0.15, 0.2) is 0 Å². The topological polar surface area (TPSA) is 72.8 Å². The van der Waals surface area contributed by atoms with Gasteiger partial charge in [-0.2, -0.15) is 0 Å². The predicted octanol–water partition coefficient (Wildman–Crippen LogP) is 3.71. The first kappa shape index (κ1) is 20.7. The molecule has 0 bridgehead atoms. The number of fused-ring (bicyclic) bond motifs is 1. The Labute approximate surface area is 156 Å². The number of carbonyl (C=O) groups excluding carboxylic acids is 2. The predicted molar refractivity (Wildman–Crippen MR) is 99.3 cm³/mol. The van der Waals surface area contributed by atoms with Crippen LogP contribution in [-0.4, -0.2) is 35.4 Å². The highest BCUT2D eigenvalue weighted by Gasteiger charge is 2.54. The number of allylic oxidation sites excluding steroid dienone is 2. The Kier molecular flexibility index (Phi) is 6.33. The Bertz CT molecular complexity index is 616. The van der Waals surface area contributed by atoms with Crippen LogP contribution in [-0.2, 0) is 19.1 Å². The molecule has 0 amide bonds. The summed E-state index contributed by atoms with van der Waals surface area (Å²) < 4.78 is 10.7. The molecule has 0 aliphatic heterocycles. The lowest BCUT2D eigenvalue weighted by Crippen LogP contribution is -2.51. The van der Waals surface area contributed by atoms with E-state index in [1.165, 1.54) is 19.4 Å². The van der Waals surface area contributed by atoms with Gasteiger partial charge in [0.1, 0.15) is 18.3 Å². The minimum absolute atomic E-state index is 0.00284. The van der Waals surface area contributed by atoms with E-state index in [0.717, 1.165) is 18.4 Å². The van der Waals surface area contributed by atoms with Crippen molar-refractivity contribution in [1.82, 2.24) is 0 Å². The van der Waals surface area contributed by atoms with Crippen LogP contribution in [0.1, 0.15) is 66.7 Å². The highest BCUT2D eigenvalue weighted by atomic mass is 16.5. The normalized spacial score (nSPS) is 33.1. The zero-order valence-electron chi connectivity index (χ0n) is 16.6. The van der Waals surface area contributed by atoms with Crippen LogP contribution in [0.5, 0.6) is 0 Å². The lowest BCUT2D eigenvalue weighted by atomic mass is 9.58. The van der Waals surface area contributed by atoms with Crippen molar-refractivity contribution in [2.24, 2.45) is 11.3 Å². The van der Waals surface area contributed by atoms with E-state index in [1.54, 1.807) is 0 Å². The smallest absolute Gasteiger partial charge is 0.302 e. The molecule has 2 aliphatic rings. The van der Waals surface area contributed by atoms with Gasteiger partial charge in [-0.15, -0.1) is 0 Å². The van der Waals surface area contributed by atoms with E-state index in [2.05, 4.69) is 32.9 Å². The van der Waals surface area contributed by atoms with Crippen molar-refractivity contribution in [3.8, 4) is 0 Å². The highest BCUT2D eigenvalue weighted by molar-refractivity contribution is 5.66. The van der Waals surface area contributed by atoms with Gasteiger partial charge in [0.25, 0.3) is 0 Å². The molecule has 0 unspecified atom stereocenters. The summed E-state index contributed by atoms with van der Waals surface area (Å²) in [4.78, 5) is 22.8. The van der Waals surface area contributed by atoms with Crippen molar-refractivity contribution in [2.75, 3.05) is 6.61 Å². The molecular formula is C21H32O5. The Hall–Kier alpha value is -1.62. The number of hydrogen-bond donors (Lipinski definition) is 1. The number of ether oxygens (including phenoxy) is 2. The van der Waals surface area contributed by atoms with Crippen molar-refractivity contribution in [2.45, 2.75) is 78.4 Å². The van der Waals surface area contributed by atoms with E-state index >= 15 is 0 Å². The third kappa shape index (κ3) is 4.97. The zero-order valence-corrected chi connectivity index (χ0v) is 16.6. The molecule has 1 N–H and O–H groups in total. The van der Waals surface area contributed by atoms with Crippen LogP contribution in [0.15, 0.2) is 23.3 Å². The molecule has 2 rings (SSSR count). The maximum absolute atomic E-state index is 11.5. The first-order chi connectivity index (χ1) is 12.0. The number of rotatable bonds is 6. The van der Waals surface area contributed by atoms with E-state index in [0.29, 0.717) is 19.3 Å². The molecule has 0 spiro atoms. The lowest BCUT2D eigenvalue weighted by Gasteiger charge is -2.50. The Balaban J connectivity index is 2.26. The van der Waals surface area contributed by atoms with Crippen LogP contribution in [0, 0.1) is 11.3 Å². The van der Waals surface area contributed by atoms with Gasteiger partial charge in [0.05, 0.1) is 0 Å². The number of aliphatic hydroxyl groups is 1. The molecule has 0 aromatic rings. The molecule has 0 aromatic heterocycles. The van der Waals surface area contributed by atoms with Crippen molar-refractivity contribution >= 4 is 11.9 Å². The van der Waals surface area contributed by atoms with E-state index in [9.17, 15) is 14.7 Å². The standard InChI is InChI=1S/C21H32O5/c1-14(2)7-6-10-20(5)12-21(24,13-25-15(3)22)11-17-8-9-18(19(17)20)26-16(4)23/h7-8,18-19,24H,6,9-13H2,1-5H3/t18-,19-,20+,21+/m0/s1. The summed E-state index contributed by atoms with van der Waals surface area (Å²) in [6.07, 6.45) is 7.56. The second kappa shape index (κ2) is 7.95. The Morgan fingerprint density at radius 2 is 1.96 bits per heavy atom. The molecule has 5 heteroatoms. The monoisotopic (exact) mass is 364 g/mol. The van der Waals surface area contributed by atoms with Gasteiger partial charge in [-0.1, -0.05) is 30.2 Å². The molecule has 26 heavy (non-hydrogen) atoms. The molecule has 0 aromatic carbocycles. The van der Waals surface area contributed by atoms with Crippen LogP contribution in [0.3, 0.4) is 0 Å². The second-order valence-electron chi connectivity index (χ2n) is 8.47. The molecule has 2 aliphatic carbocycles. The average molecular weight is 364 g/mol. The third-order valence-corrected chi connectivity index (χ3v) is 5.53. The van der Waals surface area contributed by atoms with E-state index < -0.39 is 5.60 Å². The van der Waals surface area contributed by atoms with E-state index in [-0.39, 0.29) is 36.0 Å². The largest absolute Gasteiger partial charge is 0.463 e. The van der Waals surface area contributed by atoms with Gasteiger partial charge >= 0.3 is 11.9 Å². The lowest BCUT2D eigenvalue weighted by molar-refractivity contribution is -0.161. The van der Waals surface area contributed by atoms with Gasteiger partial charge in [-0.05, 0) is 38.5 Å². The van der Waals surface area contributed by atoms with Gasteiger partial charge in [-0.25, -0.2) is 0 Å². The Morgan fingerprint density at radius 3 is 2.54 bits per heavy atom. The van der Waals surface area contributed by atoms with Crippen molar-refractivity contribution in [1.29, 1.82) is 0 Å². The molecule has 4 atom stereocenters. The average Bonchev–Trinajstić information content (AvgIpc) is 2.87. The summed E-state index contributed by atoms with van der Waals surface area (Å²) >= 11 is 0. The molecular weight excluding hydrogens is 332 g/mol. The van der Waals surface area contributed by atoms with Crippen molar-refractivity contribution in [3.05, 3.63) is 23.3 Å². The number of hydrogen-bond acceptors (Lipinski definition) is 5. The second-order valence-corrected chi connectivity index (χ2v) is 8.47. The fourth-order valence-corrected chi connectivity index (χ4v) is 4.75. The molecule has 0 radical (unpaired) electrons. The molecule has 1 fully saturated rings. The van der Waals surface area contributed by atoms with E-state index in [1.807, 2.05) is 0 Å². The first-order valence-corrected chi connectivity index (χ1v) is 9.40. The van der Waals surface area contributed by atoms with E-state index in [4.69, 9.17) is 9.47 Å². The summed E-state index contributed by atoms with van der Waals surface area (Å²) in [6.45, 7) is 9.10. The molecule has 146 valence electrons. The van der Waals surface area contributed by atoms with Crippen molar-refractivity contribution < 1.29 is 24.2 Å². The molecule has 0 heterocycles. The van der Waals surface area contributed by atoms with Crippen LogP contribution in [0.25, 0.3) is 0 Å². The van der Waals surface area contributed by atoms with Gasteiger partial charge in [0.2, 0.25) is 0 Å². The maximum Gasteiger partial charge on any atom is 0.302 e. The highest BCUT2D eigenvalue weighted by Crippen LogP contribution is 2.55. The quantitative estimate of drug-likeness (QED) is 0.575. The summed E-state index contributed by atoms with van der Waals surface area (Å²) in [5, 5.41) is 11.1. The fourth-order valence-electron chi connectivity index (χ4n) is 4.75. The summed E-state index contributed by atoms with van der Waals surface area (Å²) in [7, 11) is 0. The SMILES string of the molecule is CC(=O)OC[C@@]1(O)CC2=CC[C@H](OC(C)=O)[C@H]2[C@](C)(CCC=C(C)C)C1. The summed E-state index contributed by atoms with van der Waals surface area (Å²) in [5.41, 5.74) is 1.08. The third-order valence-electron chi connectivity index (χ3n) is 5.53. The zero-order chi connectivity index (χ0) is 19.5. The minimum atomic E-state index is -1.07. The van der Waals surface area contributed by atoms with Crippen LogP contribution in [0.2, 0.25) is 0 Å². The summed E-state index contributed by atoms with van der Waals surface area (Å²) in [6, 6.07) is 0. The minimum Gasteiger partial charge on any atom is -0.463 e. The molecule has 5 nitrogen and oxygen atoms in total. The van der Waals surface area contributed by atoms with Crippen LogP contribution in [0.4, 0.5) is 0 Å². The molecule has 1 saturated carbocycles. The fraction of sp³-hybridized carbons (Fsp3) is 0.714. The number of esters is 2. The van der Waals surface area contributed by atoms with Gasteiger partial charge < -0.3 is 14.6 Å². The Morgan fingerprint density at radius 1 is 1.27 bits per heavy atom. The molecule has 0 saturated heterocycles. The van der Waals surface area contributed by atoms with Crippen LogP contribution < -0.4 is 0 Å². The maximum atomic E-state index is 11.5. The number of carbonyl (C=O) groups is 2. The van der Waals surface area contributed by atoms with Gasteiger partial charge in [0, 0.05) is 32.6 Å². The van der Waals surface area contributed by atoms with Crippen molar-refractivity contribution in [3.63, 3.8) is 0 Å². The first-order valence-electron chi connectivity index (χ1n) is 9.40. The van der Waals surface area contributed by atoms with Crippen LogP contribution >= 0.6 is 0 Å². The van der Waals surface area contributed by atoms with Gasteiger partial charge in [-0.3, -0.25) is 9.59 Å².